The molecular formula is C21H29NO4. The van der Waals surface area contributed by atoms with E-state index in [1.54, 1.807) is 25.7 Å². The highest BCUT2D eigenvalue weighted by molar-refractivity contribution is 6.10. The Bertz CT molecular complexity index is 728. The van der Waals surface area contributed by atoms with Crippen molar-refractivity contribution in [1.82, 2.24) is 4.90 Å². The van der Waals surface area contributed by atoms with Crippen LogP contribution in [0.1, 0.15) is 51.8 Å². The topological polar surface area (TPSA) is 66.8 Å². The first-order chi connectivity index (χ1) is 12.1. The minimum absolute atomic E-state index is 0.0434. The van der Waals surface area contributed by atoms with Crippen LogP contribution in [0.3, 0.4) is 0 Å². The largest absolute Gasteiger partial charge is 0.503 e. The summed E-state index contributed by atoms with van der Waals surface area (Å²) in [6.07, 6.45) is 0.0434. The van der Waals surface area contributed by atoms with Gasteiger partial charge in [-0.3, -0.25) is 9.59 Å². The molecule has 5 nitrogen and oxygen atoms in total. The number of hydrogen-bond donors (Lipinski definition) is 1. The second-order valence-electron chi connectivity index (χ2n) is 8.02. The second kappa shape index (κ2) is 7.62. The number of hydrogen-bond acceptors (Lipinski definition) is 4. The number of amides is 1. The van der Waals surface area contributed by atoms with E-state index in [2.05, 4.69) is 0 Å². The molecule has 5 heteroatoms. The molecule has 2 rings (SSSR count). The van der Waals surface area contributed by atoms with Gasteiger partial charge in [-0.15, -0.1) is 0 Å². The number of carbonyl (C=O) groups is 2. The van der Waals surface area contributed by atoms with Crippen molar-refractivity contribution in [1.29, 1.82) is 0 Å². The van der Waals surface area contributed by atoms with Crippen LogP contribution in [0.5, 0.6) is 0 Å². The Balaban J connectivity index is 2.49. The number of aliphatic hydroxyl groups is 1. The van der Waals surface area contributed by atoms with Crippen molar-refractivity contribution in [3.8, 4) is 0 Å². The number of benzene rings is 1. The standard InChI is InChI=1S/C21H29NO4/c1-13(2)26-12-11-22-17(15-10-8-7-9-14(15)3)16(18(23)20(22)25)19(24)21(4,5)6/h7-10,13,17,23H,11-12H2,1-6H3. The fourth-order valence-corrected chi connectivity index (χ4v) is 3.12. The van der Waals surface area contributed by atoms with E-state index >= 15 is 0 Å². The fourth-order valence-electron chi connectivity index (χ4n) is 3.12. The van der Waals surface area contributed by atoms with Crippen LogP contribution in [0.15, 0.2) is 35.6 Å². The van der Waals surface area contributed by atoms with Crippen LogP contribution in [-0.2, 0) is 14.3 Å². The molecule has 1 heterocycles. The SMILES string of the molecule is Cc1ccccc1C1C(C(=O)C(C)(C)C)=C(O)C(=O)N1CCOC(C)C. The Labute approximate surface area is 155 Å². The first-order valence-electron chi connectivity index (χ1n) is 9.01. The lowest BCUT2D eigenvalue weighted by atomic mass is 9.81. The molecule has 0 bridgehead atoms. The summed E-state index contributed by atoms with van der Waals surface area (Å²) in [5.41, 5.74) is 1.30. The lowest BCUT2D eigenvalue weighted by Gasteiger charge is -2.30. The van der Waals surface area contributed by atoms with E-state index in [0.717, 1.165) is 11.1 Å². The summed E-state index contributed by atoms with van der Waals surface area (Å²) in [5, 5.41) is 10.5. The third-order valence-electron chi connectivity index (χ3n) is 4.50. The minimum Gasteiger partial charge on any atom is -0.503 e. The summed E-state index contributed by atoms with van der Waals surface area (Å²) < 4.78 is 5.59. The van der Waals surface area contributed by atoms with Gasteiger partial charge in [-0.2, -0.15) is 0 Å². The second-order valence-corrected chi connectivity index (χ2v) is 8.02. The van der Waals surface area contributed by atoms with Gasteiger partial charge in [0, 0.05) is 12.0 Å². The van der Waals surface area contributed by atoms with E-state index in [0.29, 0.717) is 13.2 Å². The van der Waals surface area contributed by atoms with E-state index in [9.17, 15) is 14.7 Å². The van der Waals surface area contributed by atoms with Gasteiger partial charge in [0.1, 0.15) is 0 Å². The quantitative estimate of drug-likeness (QED) is 0.840. The average molecular weight is 359 g/mol. The molecule has 0 fully saturated rings. The monoisotopic (exact) mass is 359 g/mol. The van der Waals surface area contributed by atoms with Crippen LogP contribution in [0.2, 0.25) is 0 Å². The van der Waals surface area contributed by atoms with E-state index in [1.807, 2.05) is 45.0 Å². The van der Waals surface area contributed by atoms with Crippen LogP contribution in [0, 0.1) is 12.3 Å². The van der Waals surface area contributed by atoms with Crippen molar-refractivity contribution in [2.45, 2.75) is 53.7 Å². The Morgan fingerprint density at radius 3 is 2.42 bits per heavy atom. The van der Waals surface area contributed by atoms with Crippen LogP contribution in [-0.4, -0.2) is 41.0 Å². The molecule has 1 aromatic rings. The molecular weight excluding hydrogens is 330 g/mol. The van der Waals surface area contributed by atoms with E-state index < -0.39 is 23.1 Å². The average Bonchev–Trinajstić information content (AvgIpc) is 2.78. The number of ketones is 1. The Morgan fingerprint density at radius 2 is 1.88 bits per heavy atom. The number of aliphatic hydroxyl groups excluding tert-OH is 1. The highest BCUT2D eigenvalue weighted by Gasteiger charge is 2.46. The normalized spacial score (nSPS) is 18.2. The molecule has 1 atom stereocenters. The molecule has 142 valence electrons. The van der Waals surface area contributed by atoms with Crippen LogP contribution >= 0.6 is 0 Å². The van der Waals surface area contributed by atoms with Crippen LogP contribution < -0.4 is 0 Å². The smallest absolute Gasteiger partial charge is 0.290 e. The molecule has 0 saturated carbocycles. The maximum atomic E-state index is 13.0. The summed E-state index contributed by atoms with van der Waals surface area (Å²) in [5.74, 6) is -1.18. The van der Waals surface area contributed by atoms with Gasteiger partial charge in [0.05, 0.1) is 24.3 Å². The summed E-state index contributed by atoms with van der Waals surface area (Å²) in [6.45, 7) is 11.8. The molecule has 0 aromatic heterocycles. The number of ether oxygens (including phenoxy) is 1. The van der Waals surface area contributed by atoms with Crippen molar-refractivity contribution in [2.75, 3.05) is 13.2 Å². The molecule has 1 amide bonds. The summed E-state index contributed by atoms with van der Waals surface area (Å²) in [7, 11) is 0. The lowest BCUT2D eigenvalue weighted by molar-refractivity contribution is -0.130. The highest BCUT2D eigenvalue weighted by Crippen LogP contribution is 2.41. The first-order valence-corrected chi connectivity index (χ1v) is 9.01. The Hall–Kier alpha value is -2.14. The first kappa shape index (κ1) is 20.2. The Morgan fingerprint density at radius 1 is 1.27 bits per heavy atom. The number of nitrogens with zero attached hydrogens (tertiary/aromatic N) is 1. The maximum Gasteiger partial charge on any atom is 0.290 e. The maximum absolute atomic E-state index is 13.0. The molecule has 0 aliphatic carbocycles. The molecule has 1 aliphatic heterocycles. The van der Waals surface area contributed by atoms with Crippen molar-refractivity contribution in [3.63, 3.8) is 0 Å². The van der Waals surface area contributed by atoms with Crippen molar-refractivity contribution in [3.05, 3.63) is 46.7 Å². The fraction of sp³-hybridized carbons (Fsp3) is 0.524. The number of rotatable bonds is 6. The van der Waals surface area contributed by atoms with Crippen molar-refractivity contribution < 1.29 is 19.4 Å². The summed E-state index contributed by atoms with van der Waals surface area (Å²) in [6, 6.07) is 7.04. The minimum atomic E-state index is -0.699. The predicted molar refractivity (Wildman–Crippen MR) is 101 cm³/mol. The highest BCUT2D eigenvalue weighted by atomic mass is 16.5. The van der Waals surface area contributed by atoms with Crippen molar-refractivity contribution >= 4 is 11.7 Å². The van der Waals surface area contributed by atoms with Crippen molar-refractivity contribution in [2.24, 2.45) is 5.41 Å². The third-order valence-corrected chi connectivity index (χ3v) is 4.50. The third kappa shape index (κ3) is 3.98. The zero-order valence-electron chi connectivity index (χ0n) is 16.5. The number of aryl methyl sites for hydroxylation is 1. The number of Topliss-reactive ketones (excluding diaryl/α,β-unsaturated/α-hetero) is 1. The Kier molecular flexibility index (Phi) is 5.91. The molecule has 1 N–H and O–H groups in total. The zero-order valence-corrected chi connectivity index (χ0v) is 16.5. The van der Waals surface area contributed by atoms with Gasteiger partial charge in [0.2, 0.25) is 0 Å². The predicted octanol–water partition coefficient (Wildman–Crippen LogP) is 3.73. The van der Waals surface area contributed by atoms with Crippen LogP contribution in [0.4, 0.5) is 0 Å². The van der Waals surface area contributed by atoms with Gasteiger partial charge in [-0.1, -0.05) is 45.0 Å². The van der Waals surface area contributed by atoms with Gasteiger partial charge >= 0.3 is 0 Å². The molecule has 0 radical (unpaired) electrons. The molecule has 1 unspecified atom stereocenters. The molecule has 1 aliphatic rings. The summed E-state index contributed by atoms with van der Waals surface area (Å²) >= 11 is 0. The van der Waals surface area contributed by atoms with E-state index in [-0.39, 0.29) is 17.5 Å². The number of carbonyl (C=O) groups excluding carboxylic acids is 2. The van der Waals surface area contributed by atoms with E-state index in [1.165, 1.54) is 0 Å². The van der Waals surface area contributed by atoms with Gasteiger partial charge < -0.3 is 14.7 Å². The summed E-state index contributed by atoms with van der Waals surface area (Å²) in [4.78, 5) is 27.3. The zero-order chi connectivity index (χ0) is 19.6. The van der Waals surface area contributed by atoms with Gasteiger partial charge in [0.25, 0.3) is 5.91 Å². The molecule has 1 aromatic carbocycles. The van der Waals surface area contributed by atoms with Gasteiger partial charge in [-0.25, -0.2) is 0 Å². The van der Waals surface area contributed by atoms with E-state index in [4.69, 9.17) is 4.74 Å². The molecule has 0 spiro atoms. The van der Waals surface area contributed by atoms with Gasteiger partial charge in [0.15, 0.2) is 11.5 Å². The molecule has 0 saturated heterocycles. The molecule has 26 heavy (non-hydrogen) atoms. The van der Waals surface area contributed by atoms with Crippen LogP contribution in [0.25, 0.3) is 0 Å². The van der Waals surface area contributed by atoms with Gasteiger partial charge in [-0.05, 0) is 31.9 Å². The lowest BCUT2D eigenvalue weighted by Crippen LogP contribution is -2.35.